The fourth-order valence-corrected chi connectivity index (χ4v) is 5.20. The lowest BCUT2D eigenvalue weighted by molar-refractivity contribution is -0.140. The number of ketones is 1. The third-order valence-electron chi connectivity index (χ3n) is 7.41. The number of hydrogen-bond donors (Lipinski definition) is 1. The number of likely N-dealkylation sites (tertiary alicyclic amines) is 2. The summed E-state index contributed by atoms with van der Waals surface area (Å²) < 4.78 is 5.66. The third-order valence-corrected chi connectivity index (χ3v) is 7.41. The highest BCUT2D eigenvalue weighted by atomic mass is 16.3. The van der Waals surface area contributed by atoms with Gasteiger partial charge in [-0.05, 0) is 76.1 Å². The smallest absolute Gasteiger partial charge is 0.247 e. The van der Waals surface area contributed by atoms with Crippen molar-refractivity contribution in [1.29, 1.82) is 5.26 Å². The number of aryl methyl sites for hydroxylation is 1. The normalized spacial score (nSPS) is 21.6. The van der Waals surface area contributed by atoms with Gasteiger partial charge in [0.15, 0.2) is 11.7 Å². The summed E-state index contributed by atoms with van der Waals surface area (Å²) in [5, 5.41) is 14.1. The summed E-state index contributed by atoms with van der Waals surface area (Å²) in [6, 6.07) is 8.83. The Morgan fingerprint density at radius 1 is 1.14 bits per heavy atom. The number of rotatable bonds is 7. The number of carbonyl (C=O) groups excluding carboxylic acids is 3. The van der Waals surface area contributed by atoms with Gasteiger partial charge in [-0.2, -0.15) is 5.26 Å². The minimum absolute atomic E-state index is 0.0312. The first-order valence-electron chi connectivity index (χ1n) is 13.3. The summed E-state index contributed by atoms with van der Waals surface area (Å²) in [5.74, 6) is -0.633. The van der Waals surface area contributed by atoms with Crippen LogP contribution in [0, 0.1) is 30.1 Å². The summed E-state index contributed by atoms with van der Waals surface area (Å²) in [5.41, 5.74) is 1.41. The van der Waals surface area contributed by atoms with Crippen molar-refractivity contribution in [2.75, 3.05) is 31.5 Å². The van der Waals surface area contributed by atoms with E-state index in [-0.39, 0.29) is 35.9 Å². The van der Waals surface area contributed by atoms with Crippen LogP contribution < -0.4 is 5.32 Å². The summed E-state index contributed by atoms with van der Waals surface area (Å²) in [6.07, 6.45) is 5.61. The zero-order valence-electron chi connectivity index (χ0n) is 21.2. The summed E-state index contributed by atoms with van der Waals surface area (Å²) in [4.78, 5) is 47.5. The molecule has 2 aliphatic heterocycles. The largest absolute Gasteiger partial charge is 0.461 e. The zero-order valence-corrected chi connectivity index (χ0v) is 21.2. The molecule has 3 heterocycles. The average molecular weight is 504 g/mol. The molecule has 3 fully saturated rings. The van der Waals surface area contributed by atoms with Crippen molar-refractivity contribution in [2.45, 2.75) is 57.9 Å². The lowest BCUT2D eigenvalue weighted by Crippen LogP contribution is -2.45. The molecule has 194 valence electrons. The van der Waals surface area contributed by atoms with Crippen molar-refractivity contribution in [2.24, 2.45) is 16.8 Å². The second-order valence-electron chi connectivity index (χ2n) is 10.3. The summed E-state index contributed by atoms with van der Waals surface area (Å²) >= 11 is 0. The molecule has 3 aliphatic rings. The molecule has 0 radical (unpaired) electrons. The van der Waals surface area contributed by atoms with E-state index in [0.717, 1.165) is 68.3 Å². The van der Waals surface area contributed by atoms with Crippen molar-refractivity contribution in [1.82, 2.24) is 9.80 Å². The van der Waals surface area contributed by atoms with Crippen molar-refractivity contribution in [3.63, 3.8) is 0 Å². The van der Waals surface area contributed by atoms with Crippen LogP contribution in [0.25, 0.3) is 11.0 Å². The third kappa shape index (κ3) is 5.68. The number of amidine groups is 1. The van der Waals surface area contributed by atoms with Gasteiger partial charge in [-0.25, -0.2) is 0 Å². The molecule has 0 bridgehead atoms. The van der Waals surface area contributed by atoms with Crippen LogP contribution in [-0.2, 0) is 14.4 Å². The summed E-state index contributed by atoms with van der Waals surface area (Å²) in [7, 11) is 0. The zero-order chi connectivity index (χ0) is 25.9. The highest BCUT2D eigenvalue weighted by Gasteiger charge is 2.39. The van der Waals surface area contributed by atoms with Crippen molar-refractivity contribution in [3.05, 3.63) is 30.0 Å². The van der Waals surface area contributed by atoms with Gasteiger partial charge in [-0.1, -0.05) is 0 Å². The molecule has 5 rings (SSSR count). The Balaban J connectivity index is 1.42. The Hall–Kier alpha value is -3.67. The molecule has 1 aliphatic carbocycles. The molecule has 2 aromatic rings. The monoisotopic (exact) mass is 503 g/mol. The minimum atomic E-state index is -1.08. The predicted octanol–water partition coefficient (Wildman–Crippen LogP) is 3.67. The van der Waals surface area contributed by atoms with Crippen LogP contribution in [0.5, 0.6) is 0 Å². The molecule has 1 aromatic carbocycles. The number of fused-ring (bicyclic) bond motifs is 1. The number of amides is 2. The number of benzene rings is 1. The molecular weight excluding hydrogens is 470 g/mol. The van der Waals surface area contributed by atoms with E-state index in [2.05, 4.69) is 11.4 Å². The van der Waals surface area contributed by atoms with Crippen LogP contribution >= 0.6 is 0 Å². The van der Waals surface area contributed by atoms with E-state index in [4.69, 9.17) is 9.41 Å². The molecule has 1 unspecified atom stereocenters. The molecule has 1 aromatic heterocycles. The van der Waals surface area contributed by atoms with Crippen molar-refractivity contribution in [3.8, 4) is 6.07 Å². The van der Waals surface area contributed by atoms with E-state index < -0.39 is 12.0 Å². The molecule has 2 atom stereocenters. The number of nitriles is 1. The average Bonchev–Trinajstić information content (AvgIpc) is 3.49. The van der Waals surface area contributed by atoms with E-state index in [1.54, 1.807) is 4.90 Å². The van der Waals surface area contributed by atoms with E-state index in [1.807, 2.05) is 36.1 Å². The van der Waals surface area contributed by atoms with Crippen LogP contribution in [0.3, 0.4) is 0 Å². The molecular formula is C28H33N5O4. The lowest BCUT2D eigenvalue weighted by atomic mass is 9.99. The predicted molar refractivity (Wildman–Crippen MR) is 139 cm³/mol. The molecule has 1 N–H and O–H groups in total. The lowest BCUT2D eigenvalue weighted by Gasteiger charge is -2.25. The fraction of sp³-hybridized carbons (Fsp3) is 0.536. The first kappa shape index (κ1) is 25.0. The van der Waals surface area contributed by atoms with Gasteiger partial charge in [-0.3, -0.25) is 19.4 Å². The summed E-state index contributed by atoms with van der Waals surface area (Å²) in [6.45, 7) is 3.91. The standard InChI is InChI=1S/C28H33N5O4/c1-18-14-20-15-21(9-10-24(20)37-18)30-27(22(16-29)26(35)19-7-8-19)31-23-6-2-3-13-33(28(23)36)17-25(34)32-11-4-5-12-32/h9-10,14-15,19,22-23H,2-8,11-13,17H2,1H3,(H,30,31)/t22?,23-/m0/s1. The van der Waals surface area contributed by atoms with Gasteiger partial charge >= 0.3 is 0 Å². The Kier molecular flexibility index (Phi) is 7.26. The molecule has 0 spiro atoms. The van der Waals surface area contributed by atoms with Gasteiger partial charge in [0.05, 0.1) is 12.6 Å². The molecule has 37 heavy (non-hydrogen) atoms. The van der Waals surface area contributed by atoms with Gasteiger partial charge in [0.2, 0.25) is 11.8 Å². The Morgan fingerprint density at radius 2 is 1.89 bits per heavy atom. The molecule has 9 nitrogen and oxygen atoms in total. The van der Waals surface area contributed by atoms with Crippen molar-refractivity contribution < 1.29 is 18.8 Å². The quantitative estimate of drug-likeness (QED) is 0.455. The second-order valence-corrected chi connectivity index (χ2v) is 10.3. The van der Waals surface area contributed by atoms with Crippen LogP contribution in [0.4, 0.5) is 5.69 Å². The first-order valence-corrected chi connectivity index (χ1v) is 13.3. The van der Waals surface area contributed by atoms with Gasteiger partial charge < -0.3 is 19.5 Å². The maximum Gasteiger partial charge on any atom is 0.247 e. The van der Waals surface area contributed by atoms with Crippen LogP contribution in [0.15, 0.2) is 33.7 Å². The number of furan rings is 1. The molecule has 9 heteroatoms. The second kappa shape index (κ2) is 10.8. The van der Waals surface area contributed by atoms with Gasteiger partial charge in [0.25, 0.3) is 0 Å². The van der Waals surface area contributed by atoms with Crippen molar-refractivity contribution >= 4 is 40.1 Å². The van der Waals surface area contributed by atoms with E-state index >= 15 is 0 Å². The van der Waals surface area contributed by atoms with Crippen LogP contribution in [0.2, 0.25) is 0 Å². The topological polar surface area (TPSA) is 119 Å². The van der Waals surface area contributed by atoms with Crippen LogP contribution in [0.1, 0.15) is 50.7 Å². The Labute approximate surface area is 216 Å². The number of hydrogen-bond acceptors (Lipinski definition) is 6. The van der Waals surface area contributed by atoms with E-state index in [0.29, 0.717) is 18.7 Å². The van der Waals surface area contributed by atoms with E-state index in [9.17, 15) is 19.6 Å². The number of anilines is 1. The number of Topliss-reactive ketones (excluding diaryl/α,β-unsaturated/α-hetero) is 1. The maximum absolute atomic E-state index is 13.5. The first-order chi connectivity index (χ1) is 17.9. The van der Waals surface area contributed by atoms with Gasteiger partial charge in [-0.15, -0.1) is 0 Å². The number of nitrogens with one attached hydrogen (secondary N) is 1. The Bertz CT molecular complexity index is 1270. The highest BCUT2D eigenvalue weighted by Crippen LogP contribution is 2.33. The Morgan fingerprint density at radius 3 is 2.62 bits per heavy atom. The van der Waals surface area contributed by atoms with Crippen LogP contribution in [-0.4, -0.2) is 65.5 Å². The maximum atomic E-state index is 13.5. The SMILES string of the molecule is Cc1cc2cc(NC(=N[C@H]3CCCCN(CC(=O)N4CCCC4)C3=O)C(C#N)C(=O)C3CC3)ccc2o1. The number of nitrogens with zero attached hydrogens (tertiary/aromatic N) is 4. The molecule has 1 saturated carbocycles. The van der Waals surface area contributed by atoms with Gasteiger partial charge in [0.1, 0.15) is 23.2 Å². The number of carbonyl (C=O) groups is 3. The van der Waals surface area contributed by atoms with E-state index in [1.165, 1.54) is 0 Å². The highest BCUT2D eigenvalue weighted by molar-refractivity contribution is 6.14. The molecule has 2 amide bonds. The molecule has 2 saturated heterocycles. The van der Waals surface area contributed by atoms with Gasteiger partial charge in [0, 0.05) is 36.6 Å². The minimum Gasteiger partial charge on any atom is -0.461 e. The number of aliphatic imine (C=N–C) groups is 1. The fourth-order valence-electron chi connectivity index (χ4n) is 5.20.